The Bertz CT molecular complexity index is 820. The van der Waals surface area contributed by atoms with Crippen molar-refractivity contribution >= 4 is 30.9 Å². The summed E-state index contributed by atoms with van der Waals surface area (Å²) in [5.41, 5.74) is 1.04. The first-order valence-electron chi connectivity index (χ1n) is 12.3. The van der Waals surface area contributed by atoms with E-state index in [0.29, 0.717) is 0 Å². The van der Waals surface area contributed by atoms with Crippen molar-refractivity contribution in [3.8, 4) is 0 Å². The maximum absolute atomic E-state index is 13.8. The molecule has 1 aliphatic heterocycles. The van der Waals surface area contributed by atoms with Crippen molar-refractivity contribution in [3.05, 3.63) is 23.5 Å². The maximum Gasteiger partial charge on any atom is 0.340 e. The molecule has 2 rings (SSSR count). The van der Waals surface area contributed by atoms with Crippen molar-refractivity contribution < 1.29 is 22.8 Å². The summed E-state index contributed by atoms with van der Waals surface area (Å²) < 4.78 is 27.8. The summed E-state index contributed by atoms with van der Waals surface area (Å²) in [6, 6.07) is 2.06. The minimum absolute atomic E-state index is 0.0719. The van der Waals surface area contributed by atoms with E-state index in [0.717, 1.165) is 24.2 Å². The van der Waals surface area contributed by atoms with Gasteiger partial charge in [-0.1, -0.05) is 13.8 Å². The van der Waals surface area contributed by atoms with E-state index in [9.17, 15) is 4.79 Å². The number of rotatable bonds is 11. The quantitative estimate of drug-likeness (QED) is 0.256. The molecule has 0 amide bonds. The number of carbonyl (C=O) groups is 1. The van der Waals surface area contributed by atoms with Crippen molar-refractivity contribution in [2.45, 2.75) is 117 Å². The van der Waals surface area contributed by atoms with Gasteiger partial charge >= 0.3 is 5.97 Å². The molecule has 190 valence electrons. The van der Waals surface area contributed by atoms with Crippen LogP contribution in [0.15, 0.2) is 12.3 Å². The summed E-state index contributed by atoms with van der Waals surface area (Å²) in [6.45, 7) is 26.5. The molecule has 3 atom stereocenters. The monoisotopic (exact) mass is 513 g/mol. The average Bonchev–Trinajstić information content (AvgIpc) is 3.16. The zero-order valence-corrected chi connectivity index (χ0v) is 26.0. The molecule has 0 bridgehead atoms. The molecule has 0 spiro atoms. The van der Waals surface area contributed by atoms with Crippen molar-refractivity contribution in [1.29, 1.82) is 0 Å². The predicted octanol–water partition coefficient (Wildman–Crippen LogP) is 6.31. The molecule has 0 aliphatic carbocycles. The topological polar surface area (TPSA) is 58.9 Å². The van der Waals surface area contributed by atoms with E-state index >= 15 is 0 Å². The Labute approximate surface area is 204 Å². The van der Waals surface area contributed by atoms with Gasteiger partial charge in [-0.25, -0.2) is 4.79 Å². The highest BCUT2D eigenvalue weighted by Gasteiger charge is 2.53. The third-order valence-corrected chi connectivity index (χ3v) is 8.67. The standard InChI is InChI=1S/C24H47NO5Si3/c1-18(2)24(30-33(10,11)12,19(3)28-31(4,5)6)23(26)27-17-20-13-15-25-16-14-21(22(20)25)29-32(7,8)9/h13,15,18-19,21H,14,16-17H2,1-12H3/t19-,21+,24+/m0/s1. The molecular weight excluding hydrogens is 467 g/mol. The summed E-state index contributed by atoms with van der Waals surface area (Å²) in [6.07, 6.45) is 2.72. The lowest BCUT2D eigenvalue weighted by atomic mass is 9.85. The van der Waals surface area contributed by atoms with Gasteiger partial charge in [0.15, 0.2) is 30.6 Å². The predicted molar refractivity (Wildman–Crippen MR) is 142 cm³/mol. The van der Waals surface area contributed by atoms with Crippen LogP contribution in [0.2, 0.25) is 58.9 Å². The molecule has 9 heteroatoms. The van der Waals surface area contributed by atoms with Gasteiger partial charge in [-0.05, 0) is 84.3 Å². The number of nitrogens with zero attached hydrogens (tertiary/aromatic N) is 1. The van der Waals surface area contributed by atoms with Crippen LogP contribution >= 0.6 is 0 Å². The smallest absolute Gasteiger partial charge is 0.340 e. The van der Waals surface area contributed by atoms with E-state index in [-0.39, 0.29) is 24.6 Å². The Hall–Kier alpha value is -0.719. The van der Waals surface area contributed by atoms with Gasteiger partial charge in [-0.15, -0.1) is 0 Å². The molecule has 0 radical (unpaired) electrons. The molecule has 1 aromatic rings. The van der Waals surface area contributed by atoms with Crippen LogP contribution in [0.3, 0.4) is 0 Å². The molecule has 0 fully saturated rings. The van der Waals surface area contributed by atoms with Gasteiger partial charge < -0.3 is 22.6 Å². The van der Waals surface area contributed by atoms with E-state index in [1.165, 1.54) is 0 Å². The minimum Gasteiger partial charge on any atom is -0.459 e. The zero-order valence-electron chi connectivity index (χ0n) is 23.0. The Kier molecular flexibility index (Phi) is 8.73. The first kappa shape index (κ1) is 28.5. The van der Waals surface area contributed by atoms with Crippen LogP contribution in [0.4, 0.5) is 0 Å². The number of aryl methyl sites for hydroxylation is 1. The Morgan fingerprint density at radius 3 is 2.12 bits per heavy atom. The number of carbonyl (C=O) groups excluding carboxylic acids is 1. The molecule has 0 N–H and O–H groups in total. The van der Waals surface area contributed by atoms with Crippen LogP contribution in [0.1, 0.15) is 44.6 Å². The number of esters is 1. The van der Waals surface area contributed by atoms with Gasteiger partial charge in [0, 0.05) is 18.3 Å². The van der Waals surface area contributed by atoms with Crippen LogP contribution in [0.25, 0.3) is 0 Å². The van der Waals surface area contributed by atoms with Gasteiger partial charge in [0.1, 0.15) is 6.61 Å². The van der Waals surface area contributed by atoms with E-state index < -0.39 is 36.7 Å². The van der Waals surface area contributed by atoms with Gasteiger partial charge in [-0.3, -0.25) is 0 Å². The van der Waals surface area contributed by atoms with E-state index in [1.807, 2.05) is 20.8 Å². The van der Waals surface area contributed by atoms with Crippen molar-refractivity contribution in [2.24, 2.45) is 5.92 Å². The molecular formula is C24H47NO5Si3. The second kappa shape index (κ2) is 10.1. The van der Waals surface area contributed by atoms with Gasteiger partial charge in [0.2, 0.25) is 0 Å². The van der Waals surface area contributed by atoms with E-state index in [2.05, 4.69) is 75.8 Å². The SMILES string of the molecule is CC(C)[C@](O[Si](C)(C)C)(C(=O)OCc1ccn2c1[C@H](O[Si](C)(C)C)CC2)[C@H](C)O[Si](C)(C)C. The summed E-state index contributed by atoms with van der Waals surface area (Å²) in [7, 11) is -5.69. The van der Waals surface area contributed by atoms with Crippen molar-refractivity contribution in [3.63, 3.8) is 0 Å². The lowest BCUT2D eigenvalue weighted by molar-refractivity contribution is -0.180. The Balaban J connectivity index is 2.31. The Morgan fingerprint density at radius 2 is 1.64 bits per heavy atom. The van der Waals surface area contributed by atoms with Gasteiger partial charge in [0.05, 0.1) is 17.9 Å². The van der Waals surface area contributed by atoms with Crippen LogP contribution < -0.4 is 0 Å². The first-order chi connectivity index (χ1) is 14.9. The first-order valence-corrected chi connectivity index (χ1v) is 22.5. The fraction of sp³-hybridized carbons (Fsp3) is 0.792. The molecule has 1 aromatic heterocycles. The van der Waals surface area contributed by atoms with Crippen LogP contribution in [-0.2, 0) is 36.0 Å². The summed E-state index contributed by atoms with van der Waals surface area (Å²) in [4.78, 5) is 13.8. The minimum atomic E-state index is -2.09. The van der Waals surface area contributed by atoms with E-state index in [4.69, 9.17) is 18.0 Å². The normalized spacial score (nSPS) is 20.0. The fourth-order valence-electron chi connectivity index (χ4n) is 4.67. The number of hydrogen-bond acceptors (Lipinski definition) is 5. The summed E-state index contributed by atoms with van der Waals surface area (Å²) in [5.74, 6) is -0.419. The van der Waals surface area contributed by atoms with Crippen LogP contribution in [0, 0.1) is 5.92 Å². The Morgan fingerprint density at radius 1 is 1.03 bits per heavy atom. The number of ether oxygens (including phenoxy) is 1. The molecule has 6 nitrogen and oxygen atoms in total. The highest BCUT2D eigenvalue weighted by Crippen LogP contribution is 2.37. The molecule has 0 saturated carbocycles. The highest BCUT2D eigenvalue weighted by molar-refractivity contribution is 6.70. The summed E-state index contributed by atoms with van der Waals surface area (Å²) >= 11 is 0. The molecule has 1 aliphatic rings. The second-order valence-corrected chi connectivity index (χ2v) is 25.9. The maximum atomic E-state index is 13.8. The third-order valence-electron chi connectivity index (χ3n) is 5.67. The molecule has 2 heterocycles. The second-order valence-electron chi connectivity index (χ2n) is 12.5. The van der Waals surface area contributed by atoms with E-state index in [1.54, 1.807) is 0 Å². The average molecular weight is 514 g/mol. The molecule has 0 saturated heterocycles. The lowest BCUT2D eigenvalue weighted by Crippen LogP contribution is -2.61. The number of hydrogen-bond donors (Lipinski definition) is 0. The lowest BCUT2D eigenvalue weighted by Gasteiger charge is -2.45. The molecule has 0 unspecified atom stereocenters. The highest BCUT2D eigenvalue weighted by atomic mass is 28.4. The molecule has 33 heavy (non-hydrogen) atoms. The largest absolute Gasteiger partial charge is 0.459 e. The zero-order chi connectivity index (χ0) is 25.4. The van der Waals surface area contributed by atoms with Gasteiger partial charge in [0.25, 0.3) is 0 Å². The van der Waals surface area contributed by atoms with Crippen molar-refractivity contribution in [1.82, 2.24) is 4.57 Å². The van der Waals surface area contributed by atoms with Crippen LogP contribution in [-0.4, -0.2) is 47.2 Å². The van der Waals surface area contributed by atoms with Crippen molar-refractivity contribution in [2.75, 3.05) is 0 Å². The van der Waals surface area contributed by atoms with Crippen LogP contribution in [0.5, 0.6) is 0 Å². The van der Waals surface area contributed by atoms with Gasteiger partial charge in [-0.2, -0.15) is 0 Å². The fourth-order valence-corrected chi connectivity index (χ4v) is 8.48. The third kappa shape index (κ3) is 7.38. The summed E-state index contributed by atoms with van der Waals surface area (Å²) in [5, 5.41) is 0. The number of aromatic nitrogens is 1. The molecule has 0 aromatic carbocycles. The number of fused-ring (bicyclic) bond motifs is 1.